The summed E-state index contributed by atoms with van der Waals surface area (Å²) in [5.41, 5.74) is 1.36. The van der Waals surface area contributed by atoms with E-state index < -0.39 is 0 Å². The molecule has 0 saturated heterocycles. The minimum Gasteiger partial charge on any atom is -0.384 e. The first-order valence-corrected chi connectivity index (χ1v) is 7.40. The van der Waals surface area contributed by atoms with Crippen LogP contribution in [0.1, 0.15) is 43.6 Å². The highest BCUT2D eigenvalue weighted by molar-refractivity contribution is 5.84. The first-order valence-electron chi connectivity index (χ1n) is 7.40. The van der Waals surface area contributed by atoms with Crippen molar-refractivity contribution in [1.29, 1.82) is 0 Å². The van der Waals surface area contributed by atoms with Crippen LogP contribution < -0.4 is 5.56 Å². The van der Waals surface area contributed by atoms with Crippen LogP contribution in [-0.4, -0.2) is 21.3 Å². The van der Waals surface area contributed by atoms with Crippen molar-refractivity contribution >= 4 is 10.9 Å². The normalized spacial score (nSPS) is 14.0. The molecule has 4 nitrogen and oxygen atoms in total. The number of nitrogens with zero attached hydrogens (tertiary/aromatic N) is 2. The number of aromatic nitrogens is 2. The van der Waals surface area contributed by atoms with Gasteiger partial charge in [0.15, 0.2) is 0 Å². The van der Waals surface area contributed by atoms with Crippen LogP contribution in [0.15, 0.2) is 23.0 Å². The fourth-order valence-corrected chi connectivity index (χ4v) is 2.64. The molecule has 0 amide bonds. The zero-order valence-electron chi connectivity index (χ0n) is 12.1. The molecule has 0 aliphatic heterocycles. The Hall–Kier alpha value is -2.12. The van der Waals surface area contributed by atoms with Crippen molar-refractivity contribution in [2.75, 3.05) is 6.61 Å². The Balaban J connectivity index is 2.30. The van der Waals surface area contributed by atoms with Gasteiger partial charge in [0.1, 0.15) is 12.4 Å². The van der Waals surface area contributed by atoms with E-state index in [0.29, 0.717) is 22.5 Å². The van der Waals surface area contributed by atoms with Gasteiger partial charge < -0.3 is 5.11 Å². The maximum Gasteiger partial charge on any atom is 0.262 e. The average Bonchev–Trinajstić information content (AvgIpc) is 3.30. The fourth-order valence-electron chi connectivity index (χ4n) is 2.64. The SMILES string of the molecule is CCCc1nc2cccc(C#CCO)c2c(=O)n1C1CC1. The summed E-state index contributed by atoms with van der Waals surface area (Å²) in [4.78, 5) is 17.6. The van der Waals surface area contributed by atoms with Crippen LogP contribution in [0.4, 0.5) is 0 Å². The van der Waals surface area contributed by atoms with Gasteiger partial charge in [-0.2, -0.15) is 0 Å². The molecule has 1 saturated carbocycles. The second-order valence-electron chi connectivity index (χ2n) is 5.34. The molecule has 0 atom stereocenters. The molecule has 0 unspecified atom stereocenters. The van der Waals surface area contributed by atoms with Crippen LogP contribution in [0.5, 0.6) is 0 Å². The van der Waals surface area contributed by atoms with Crippen molar-refractivity contribution in [1.82, 2.24) is 9.55 Å². The summed E-state index contributed by atoms with van der Waals surface area (Å²) in [5.74, 6) is 6.36. The summed E-state index contributed by atoms with van der Waals surface area (Å²) < 4.78 is 1.86. The lowest BCUT2D eigenvalue weighted by Gasteiger charge is -2.12. The third-order valence-electron chi connectivity index (χ3n) is 3.69. The quantitative estimate of drug-likeness (QED) is 0.876. The van der Waals surface area contributed by atoms with Gasteiger partial charge in [-0.05, 0) is 31.4 Å². The second-order valence-corrected chi connectivity index (χ2v) is 5.34. The topological polar surface area (TPSA) is 55.1 Å². The zero-order valence-corrected chi connectivity index (χ0v) is 12.1. The van der Waals surface area contributed by atoms with Crippen molar-refractivity contribution in [3.63, 3.8) is 0 Å². The molecule has 0 bridgehead atoms. The highest BCUT2D eigenvalue weighted by atomic mass is 16.2. The van der Waals surface area contributed by atoms with E-state index in [4.69, 9.17) is 5.11 Å². The summed E-state index contributed by atoms with van der Waals surface area (Å²) in [7, 11) is 0. The third-order valence-corrected chi connectivity index (χ3v) is 3.69. The molecule has 1 N–H and O–H groups in total. The molecule has 3 rings (SSSR count). The Kier molecular flexibility index (Phi) is 3.76. The molecule has 1 aliphatic rings. The Morgan fingerprint density at radius 2 is 2.24 bits per heavy atom. The van der Waals surface area contributed by atoms with Gasteiger partial charge in [-0.1, -0.05) is 24.8 Å². The molecular weight excluding hydrogens is 264 g/mol. The Bertz CT molecular complexity index is 792. The molecule has 0 radical (unpaired) electrons. The van der Waals surface area contributed by atoms with Crippen LogP contribution in [0.2, 0.25) is 0 Å². The summed E-state index contributed by atoms with van der Waals surface area (Å²) in [6.07, 6.45) is 3.88. The lowest BCUT2D eigenvalue weighted by atomic mass is 10.1. The smallest absolute Gasteiger partial charge is 0.262 e. The van der Waals surface area contributed by atoms with Crippen molar-refractivity contribution in [2.24, 2.45) is 0 Å². The number of benzene rings is 1. The molecule has 1 heterocycles. The standard InChI is InChI=1S/C17H18N2O2/c1-2-5-15-18-14-8-3-6-12(7-4-11-20)16(14)17(21)19(15)13-9-10-13/h3,6,8,13,20H,2,5,9-11H2,1H3. The van der Waals surface area contributed by atoms with Crippen LogP contribution >= 0.6 is 0 Å². The fraction of sp³-hybridized carbons (Fsp3) is 0.412. The Morgan fingerprint density at radius 1 is 1.43 bits per heavy atom. The first-order chi connectivity index (χ1) is 10.3. The molecule has 0 spiro atoms. The number of rotatable bonds is 3. The van der Waals surface area contributed by atoms with Crippen molar-refractivity contribution in [3.05, 3.63) is 39.9 Å². The number of hydrogen-bond acceptors (Lipinski definition) is 3. The van der Waals surface area contributed by atoms with Gasteiger partial charge in [0.25, 0.3) is 5.56 Å². The predicted octanol–water partition coefficient (Wildman–Crippen LogP) is 2.03. The van der Waals surface area contributed by atoms with Crippen LogP contribution in [0.3, 0.4) is 0 Å². The number of fused-ring (bicyclic) bond motifs is 1. The van der Waals surface area contributed by atoms with E-state index in [1.807, 2.05) is 22.8 Å². The molecule has 4 heteroatoms. The largest absolute Gasteiger partial charge is 0.384 e. The maximum absolute atomic E-state index is 12.9. The molecule has 21 heavy (non-hydrogen) atoms. The zero-order chi connectivity index (χ0) is 14.8. The highest BCUT2D eigenvalue weighted by Gasteiger charge is 2.28. The van der Waals surface area contributed by atoms with E-state index in [1.165, 1.54) is 0 Å². The van der Waals surface area contributed by atoms with Crippen LogP contribution in [-0.2, 0) is 6.42 Å². The van der Waals surface area contributed by atoms with E-state index in [0.717, 1.165) is 31.5 Å². The first kappa shape index (κ1) is 13.8. The summed E-state index contributed by atoms with van der Waals surface area (Å²) in [6.45, 7) is 1.88. The maximum atomic E-state index is 12.9. The minimum atomic E-state index is -0.214. The number of aliphatic hydroxyl groups is 1. The summed E-state index contributed by atoms with van der Waals surface area (Å²) >= 11 is 0. The Labute approximate surface area is 123 Å². The van der Waals surface area contributed by atoms with Gasteiger partial charge in [0.05, 0.1) is 10.9 Å². The summed E-state index contributed by atoms with van der Waals surface area (Å²) in [6, 6.07) is 5.82. The van der Waals surface area contributed by atoms with E-state index in [-0.39, 0.29) is 12.2 Å². The molecule has 2 aromatic rings. The minimum absolute atomic E-state index is 0.00814. The van der Waals surface area contributed by atoms with E-state index in [1.54, 1.807) is 0 Å². The van der Waals surface area contributed by atoms with Gasteiger partial charge in [0, 0.05) is 18.0 Å². The van der Waals surface area contributed by atoms with Gasteiger partial charge in [0.2, 0.25) is 0 Å². The van der Waals surface area contributed by atoms with Gasteiger partial charge in [-0.25, -0.2) is 4.98 Å². The Morgan fingerprint density at radius 3 is 2.90 bits per heavy atom. The van der Waals surface area contributed by atoms with Crippen molar-refractivity contribution in [3.8, 4) is 11.8 Å². The lowest BCUT2D eigenvalue weighted by molar-refractivity contribution is 0.350. The van der Waals surface area contributed by atoms with Crippen LogP contribution in [0.25, 0.3) is 10.9 Å². The number of aryl methyl sites for hydroxylation is 1. The second kappa shape index (κ2) is 5.71. The number of hydrogen-bond donors (Lipinski definition) is 1. The predicted molar refractivity (Wildman–Crippen MR) is 82.2 cm³/mol. The molecule has 1 aliphatic carbocycles. The highest BCUT2D eigenvalue weighted by Crippen LogP contribution is 2.35. The van der Waals surface area contributed by atoms with Gasteiger partial charge >= 0.3 is 0 Å². The molecule has 1 fully saturated rings. The monoisotopic (exact) mass is 282 g/mol. The van der Waals surface area contributed by atoms with Gasteiger partial charge in [-0.3, -0.25) is 9.36 Å². The van der Waals surface area contributed by atoms with E-state index in [9.17, 15) is 4.79 Å². The number of aliphatic hydroxyl groups excluding tert-OH is 1. The van der Waals surface area contributed by atoms with Crippen molar-refractivity contribution in [2.45, 2.75) is 38.6 Å². The lowest BCUT2D eigenvalue weighted by Crippen LogP contribution is -2.25. The van der Waals surface area contributed by atoms with E-state index in [2.05, 4.69) is 23.7 Å². The summed E-state index contributed by atoms with van der Waals surface area (Å²) in [5, 5.41) is 9.44. The average molecular weight is 282 g/mol. The van der Waals surface area contributed by atoms with Crippen molar-refractivity contribution < 1.29 is 5.11 Å². The molecule has 1 aromatic heterocycles. The van der Waals surface area contributed by atoms with E-state index >= 15 is 0 Å². The third kappa shape index (κ3) is 2.57. The molecular formula is C17H18N2O2. The molecule has 108 valence electrons. The van der Waals surface area contributed by atoms with Crippen LogP contribution in [0, 0.1) is 11.8 Å². The molecule has 1 aromatic carbocycles. The van der Waals surface area contributed by atoms with Gasteiger partial charge in [-0.15, -0.1) is 0 Å².